The third-order valence-corrected chi connectivity index (χ3v) is 4.69. The minimum Gasteiger partial charge on any atom is -0.353 e. The van der Waals surface area contributed by atoms with Crippen LogP contribution in [-0.2, 0) is 16.0 Å². The molecule has 6 heteroatoms. The topological polar surface area (TPSA) is 58.2 Å². The number of amides is 2. The smallest absolute Gasteiger partial charge is 0.224 e. The first kappa shape index (κ1) is 16.9. The van der Waals surface area contributed by atoms with Crippen molar-refractivity contribution in [1.82, 2.24) is 10.6 Å². The molecular weight excluding hydrogens is 314 g/mol. The Labute approximate surface area is 140 Å². The number of hydrogen-bond donors (Lipinski definition) is 2. The Morgan fingerprint density at radius 1 is 1.04 bits per heavy atom. The van der Waals surface area contributed by atoms with Gasteiger partial charge in [-0.05, 0) is 50.3 Å². The second-order valence-corrected chi connectivity index (χ2v) is 6.82. The fourth-order valence-corrected chi connectivity index (χ4v) is 3.24. The first-order chi connectivity index (χ1) is 11.5. The zero-order chi connectivity index (χ0) is 17.1. The highest BCUT2D eigenvalue weighted by Gasteiger charge is 2.31. The van der Waals surface area contributed by atoms with Gasteiger partial charge in [-0.25, -0.2) is 8.78 Å². The summed E-state index contributed by atoms with van der Waals surface area (Å²) in [5.41, 5.74) is 0.0475. The molecule has 24 heavy (non-hydrogen) atoms. The molecule has 0 saturated heterocycles. The van der Waals surface area contributed by atoms with Gasteiger partial charge in [-0.15, -0.1) is 0 Å². The molecule has 2 aliphatic rings. The second-order valence-electron chi connectivity index (χ2n) is 6.82. The fourth-order valence-electron chi connectivity index (χ4n) is 3.24. The van der Waals surface area contributed by atoms with E-state index in [9.17, 15) is 18.4 Å². The molecule has 3 rings (SSSR count). The molecule has 0 aromatic heterocycles. The average Bonchev–Trinajstić information content (AvgIpc) is 3.35. The molecule has 2 amide bonds. The summed E-state index contributed by atoms with van der Waals surface area (Å²) in [4.78, 5) is 24.2. The Hall–Kier alpha value is -1.98. The highest BCUT2D eigenvalue weighted by Crippen LogP contribution is 2.27. The van der Waals surface area contributed by atoms with Gasteiger partial charge in [-0.1, -0.05) is 6.42 Å². The van der Waals surface area contributed by atoms with Crippen LogP contribution in [0.5, 0.6) is 0 Å². The molecule has 2 saturated carbocycles. The molecular formula is C18H22F2N2O2. The van der Waals surface area contributed by atoms with Crippen LogP contribution in [0.3, 0.4) is 0 Å². The molecule has 2 aliphatic carbocycles. The van der Waals surface area contributed by atoms with Crippen molar-refractivity contribution in [2.24, 2.45) is 5.92 Å². The monoisotopic (exact) mass is 336 g/mol. The Morgan fingerprint density at radius 3 is 2.58 bits per heavy atom. The summed E-state index contributed by atoms with van der Waals surface area (Å²) in [6.45, 7) is 0. The van der Waals surface area contributed by atoms with Crippen LogP contribution in [0, 0.1) is 17.6 Å². The van der Waals surface area contributed by atoms with Crippen LogP contribution in [0.15, 0.2) is 18.2 Å². The van der Waals surface area contributed by atoms with Crippen LogP contribution in [0.4, 0.5) is 8.78 Å². The summed E-state index contributed by atoms with van der Waals surface area (Å²) in [5.74, 6) is -1.48. The molecule has 2 N–H and O–H groups in total. The first-order valence-electron chi connectivity index (χ1n) is 8.55. The lowest BCUT2D eigenvalue weighted by molar-refractivity contribution is -0.127. The Morgan fingerprint density at radius 2 is 1.83 bits per heavy atom. The van der Waals surface area contributed by atoms with E-state index >= 15 is 0 Å². The van der Waals surface area contributed by atoms with Crippen LogP contribution in [-0.4, -0.2) is 23.9 Å². The minimum atomic E-state index is -0.586. The maximum atomic E-state index is 13.6. The number of rotatable bonds is 5. The number of nitrogens with one attached hydrogen (secondary N) is 2. The first-order valence-corrected chi connectivity index (χ1v) is 8.55. The SMILES string of the molecule is O=C(Cc1cc(F)ccc1F)NC1CCCC(C(=O)NC2CC2)C1. The van der Waals surface area contributed by atoms with Crippen molar-refractivity contribution in [2.45, 2.75) is 57.0 Å². The summed E-state index contributed by atoms with van der Waals surface area (Å²) in [6, 6.07) is 3.35. The van der Waals surface area contributed by atoms with Crippen LogP contribution in [0.1, 0.15) is 44.1 Å². The predicted octanol–water partition coefficient (Wildman–Crippen LogP) is 2.46. The normalized spacial score (nSPS) is 23.6. The molecule has 0 aliphatic heterocycles. The Bertz CT molecular complexity index is 631. The lowest BCUT2D eigenvalue weighted by atomic mass is 9.85. The molecule has 0 spiro atoms. The maximum absolute atomic E-state index is 13.6. The van der Waals surface area contributed by atoms with Crippen LogP contribution in [0.25, 0.3) is 0 Å². The lowest BCUT2D eigenvalue weighted by Crippen LogP contribution is -2.43. The van der Waals surface area contributed by atoms with Crippen molar-refractivity contribution in [3.05, 3.63) is 35.4 Å². The van der Waals surface area contributed by atoms with E-state index in [1.807, 2.05) is 0 Å². The third kappa shape index (κ3) is 4.52. The number of hydrogen-bond acceptors (Lipinski definition) is 2. The van der Waals surface area contributed by atoms with E-state index in [0.29, 0.717) is 12.5 Å². The zero-order valence-electron chi connectivity index (χ0n) is 13.5. The van der Waals surface area contributed by atoms with Gasteiger partial charge in [0.15, 0.2) is 0 Å². The molecule has 2 fully saturated rings. The highest BCUT2D eigenvalue weighted by molar-refractivity contribution is 5.80. The second kappa shape index (κ2) is 7.28. The van der Waals surface area contributed by atoms with Gasteiger partial charge < -0.3 is 10.6 Å². The molecule has 1 aromatic rings. The molecule has 130 valence electrons. The van der Waals surface area contributed by atoms with Crippen molar-refractivity contribution in [1.29, 1.82) is 0 Å². The lowest BCUT2D eigenvalue weighted by Gasteiger charge is -2.29. The van der Waals surface area contributed by atoms with Crippen LogP contribution in [0.2, 0.25) is 0 Å². The standard InChI is InChI=1S/C18H22F2N2O2/c19-13-4-7-16(20)12(8-13)10-17(23)21-15-3-1-2-11(9-15)18(24)22-14-5-6-14/h4,7-8,11,14-15H,1-3,5-6,9-10H2,(H,21,23)(H,22,24). The van der Waals surface area contributed by atoms with E-state index in [0.717, 1.165) is 50.3 Å². The summed E-state index contributed by atoms with van der Waals surface area (Å²) in [5, 5.41) is 5.87. The van der Waals surface area contributed by atoms with Crippen LogP contribution < -0.4 is 10.6 Å². The number of carbonyl (C=O) groups is 2. The Kier molecular flexibility index (Phi) is 5.11. The minimum absolute atomic E-state index is 0.0475. The summed E-state index contributed by atoms with van der Waals surface area (Å²) < 4.78 is 26.8. The van der Waals surface area contributed by atoms with Crippen molar-refractivity contribution in [3.63, 3.8) is 0 Å². The fraction of sp³-hybridized carbons (Fsp3) is 0.556. The van der Waals surface area contributed by atoms with Gasteiger partial charge in [-0.3, -0.25) is 9.59 Å². The van der Waals surface area contributed by atoms with Crippen molar-refractivity contribution in [2.75, 3.05) is 0 Å². The highest BCUT2D eigenvalue weighted by atomic mass is 19.1. The molecule has 2 unspecified atom stereocenters. The van der Waals surface area contributed by atoms with E-state index in [-0.39, 0.29) is 35.8 Å². The average molecular weight is 336 g/mol. The van der Waals surface area contributed by atoms with E-state index in [1.54, 1.807) is 0 Å². The largest absolute Gasteiger partial charge is 0.353 e. The van der Waals surface area contributed by atoms with Crippen molar-refractivity contribution >= 4 is 11.8 Å². The van der Waals surface area contributed by atoms with E-state index in [4.69, 9.17) is 0 Å². The summed E-state index contributed by atoms with van der Waals surface area (Å²) in [7, 11) is 0. The molecule has 2 atom stereocenters. The quantitative estimate of drug-likeness (QED) is 0.868. The van der Waals surface area contributed by atoms with E-state index < -0.39 is 11.6 Å². The van der Waals surface area contributed by atoms with Gasteiger partial charge >= 0.3 is 0 Å². The van der Waals surface area contributed by atoms with E-state index in [1.165, 1.54) is 0 Å². The summed E-state index contributed by atoms with van der Waals surface area (Å²) >= 11 is 0. The molecule has 0 bridgehead atoms. The van der Waals surface area contributed by atoms with Gasteiger partial charge in [0.2, 0.25) is 11.8 Å². The predicted molar refractivity (Wildman–Crippen MR) is 85.1 cm³/mol. The maximum Gasteiger partial charge on any atom is 0.224 e. The number of carbonyl (C=O) groups excluding carboxylic acids is 2. The number of halogens is 2. The molecule has 0 radical (unpaired) electrons. The molecule has 1 aromatic carbocycles. The third-order valence-electron chi connectivity index (χ3n) is 4.69. The van der Waals surface area contributed by atoms with Gasteiger partial charge in [0, 0.05) is 23.6 Å². The van der Waals surface area contributed by atoms with E-state index in [2.05, 4.69) is 10.6 Å². The molecule has 4 nitrogen and oxygen atoms in total. The van der Waals surface area contributed by atoms with Crippen LogP contribution >= 0.6 is 0 Å². The Balaban J connectivity index is 1.51. The zero-order valence-corrected chi connectivity index (χ0v) is 13.5. The van der Waals surface area contributed by atoms with Gasteiger partial charge in [0.1, 0.15) is 11.6 Å². The van der Waals surface area contributed by atoms with Crippen molar-refractivity contribution < 1.29 is 18.4 Å². The molecule has 0 heterocycles. The van der Waals surface area contributed by atoms with Gasteiger partial charge in [0.05, 0.1) is 6.42 Å². The number of benzene rings is 1. The van der Waals surface area contributed by atoms with Gasteiger partial charge in [-0.2, -0.15) is 0 Å². The summed E-state index contributed by atoms with van der Waals surface area (Å²) in [6.07, 6.45) is 5.04. The van der Waals surface area contributed by atoms with Crippen molar-refractivity contribution in [3.8, 4) is 0 Å². The van der Waals surface area contributed by atoms with Gasteiger partial charge in [0.25, 0.3) is 0 Å².